The highest BCUT2D eigenvalue weighted by atomic mass is 35.5. The molecule has 0 spiro atoms. The summed E-state index contributed by atoms with van der Waals surface area (Å²) in [6.07, 6.45) is 2.71. The maximum absolute atomic E-state index is 12.8. The normalized spacial score (nSPS) is 17.0. The number of hydrogen-bond donors (Lipinski definition) is 1. The minimum Gasteiger partial charge on any atom is -0.366 e. The molecule has 2 aromatic carbocycles. The molecule has 124 valence electrons. The third-order valence-corrected chi connectivity index (χ3v) is 4.84. The summed E-state index contributed by atoms with van der Waals surface area (Å²) in [5, 5.41) is 0.739. The van der Waals surface area contributed by atoms with Gasteiger partial charge in [-0.3, -0.25) is 9.59 Å². The summed E-state index contributed by atoms with van der Waals surface area (Å²) in [4.78, 5) is 25.8. The summed E-state index contributed by atoms with van der Waals surface area (Å²) < 4.78 is 0. The average molecular weight is 343 g/mol. The molecule has 1 fully saturated rings. The van der Waals surface area contributed by atoms with E-state index in [0.717, 1.165) is 36.4 Å². The van der Waals surface area contributed by atoms with E-state index in [1.54, 1.807) is 24.3 Å². The second-order valence-electron chi connectivity index (χ2n) is 6.03. The highest BCUT2D eigenvalue weighted by molar-refractivity contribution is 6.31. The van der Waals surface area contributed by atoms with Crippen LogP contribution in [0.15, 0.2) is 48.5 Å². The fraction of sp³-hybridized carbons (Fsp3) is 0.263. The van der Waals surface area contributed by atoms with E-state index in [-0.39, 0.29) is 11.9 Å². The molecule has 1 aliphatic rings. The van der Waals surface area contributed by atoms with Crippen molar-refractivity contribution in [3.63, 3.8) is 0 Å². The van der Waals surface area contributed by atoms with Gasteiger partial charge in [0, 0.05) is 28.7 Å². The lowest BCUT2D eigenvalue weighted by Gasteiger charge is -2.25. The van der Waals surface area contributed by atoms with Crippen molar-refractivity contribution in [2.75, 3.05) is 6.54 Å². The Morgan fingerprint density at radius 2 is 1.75 bits per heavy atom. The van der Waals surface area contributed by atoms with Gasteiger partial charge in [0.1, 0.15) is 0 Å². The minimum atomic E-state index is -0.494. The fourth-order valence-electron chi connectivity index (χ4n) is 3.18. The maximum atomic E-state index is 12.8. The number of rotatable bonds is 4. The number of likely N-dealkylation sites (tertiary alicyclic amines) is 1. The van der Waals surface area contributed by atoms with Gasteiger partial charge in [0.25, 0.3) is 5.91 Å². The van der Waals surface area contributed by atoms with Crippen LogP contribution in [0.1, 0.15) is 39.1 Å². The second kappa shape index (κ2) is 7.05. The van der Waals surface area contributed by atoms with Gasteiger partial charge in [-0.05, 0) is 55.2 Å². The van der Waals surface area contributed by atoms with E-state index in [0.29, 0.717) is 11.1 Å². The van der Waals surface area contributed by atoms with Crippen molar-refractivity contribution < 1.29 is 9.59 Å². The molecule has 0 aliphatic carbocycles. The molecule has 2 aromatic rings. The van der Waals surface area contributed by atoms with Crippen LogP contribution in [0.3, 0.4) is 0 Å². The number of hydrogen-bond acceptors (Lipinski definition) is 2. The van der Waals surface area contributed by atoms with Gasteiger partial charge in [-0.1, -0.05) is 29.8 Å². The molecular formula is C19H19ClN2O2. The summed E-state index contributed by atoms with van der Waals surface area (Å²) in [7, 11) is 0. The standard InChI is InChI=1S/C19H19ClN2O2/c20-17-6-2-1-4-15(17)12-16-5-3-11-22(16)19(24)14-9-7-13(8-10-14)18(21)23/h1-2,4,6-10,16H,3,5,11-12H2,(H2,21,23)/t16-/m0/s1. The Morgan fingerprint density at radius 3 is 2.42 bits per heavy atom. The number of nitrogens with zero attached hydrogens (tertiary/aromatic N) is 1. The highest BCUT2D eigenvalue weighted by Crippen LogP contribution is 2.26. The van der Waals surface area contributed by atoms with Crippen LogP contribution >= 0.6 is 11.6 Å². The first-order chi connectivity index (χ1) is 11.6. The Hall–Kier alpha value is -2.33. The summed E-state index contributed by atoms with van der Waals surface area (Å²) in [6.45, 7) is 0.742. The van der Waals surface area contributed by atoms with E-state index in [1.165, 1.54) is 0 Å². The summed E-state index contributed by atoms with van der Waals surface area (Å²) in [5.41, 5.74) is 7.28. The number of amides is 2. The molecule has 24 heavy (non-hydrogen) atoms. The van der Waals surface area contributed by atoms with Crippen LogP contribution in [0.5, 0.6) is 0 Å². The first kappa shape index (κ1) is 16.5. The van der Waals surface area contributed by atoms with Crippen molar-refractivity contribution in [2.24, 2.45) is 5.73 Å². The van der Waals surface area contributed by atoms with Crippen molar-refractivity contribution in [3.05, 3.63) is 70.2 Å². The van der Waals surface area contributed by atoms with Crippen LogP contribution in [0, 0.1) is 0 Å². The van der Waals surface area contributed by atoms with Gasteiger partial charge in [0.2, 0.25) is 5.91 Å². The van der Waals surface area contributed by atoms with E-state index in [9.17, 15) is 9.59 Å². The van der Waals surface area contributed by atoms with E-state index >= 15 is 0 Å². The van der Waals surface area contributed by atoms with Crippen LogP contribution in [-0.4, -0.2) is 29.3 Å². The number of benzene rings is 2. The predicted molar refractivity (Wildman–Crippen MR) is 94.2 cm³/mol. The van der Waals surface area contributed by atoms with E-state index in [4.69, 9.17) is 17.3 Å². The van der Waals surface area contributed by atoms with Gasteiger partial charge in [0.05, 0.1) is 0 Å². The SMILES string of the molecule is NC(=O)c1ccc(C(=O)N2CCC[C@H]2Cc2ccccc2Cl)cc1. The predicted octanol–water partition coefficient (Wildman–Crippen LogP) is 3.29. The average Bonchev–Trinajstić information content (AvgIpc) is 3.04. The molecule has 2 N–H and O–H groups in total. The van der Waals surface area contributed by atoms with Crippen LogP contribution in [-0.2, 0) is 6.42 Å². The molecule has 1 saturated heterocycles. The smallest absolute Gasteiger partial charge is 0.254 e. The van der Waals surface area contributed by atoms with E-state index < -0.39 is 5.91 Å². The largest absolute Gasteiger partial charge is 0.366 e. The molecule has 2 amide bonds. The van der Waals surface area contributed by atoms with Crippen molar-refractivity contribution >= 4 is 23.4 Å². The third-order valence-electron chi connectivity index (χ3n) is 4.47. The molecule has 1 aliphatic heterocycles. The summed E-state index contributed by atoms with van der Waals surface area (Å²) in [6, 6.07) is 14.4. The number of halogens is 1. The molecule has 0 unspecified atom stereocenters. The molecule has 0 saturated carbocycles. The van der Waals surface area contributed by atoms with Gasteiger partial charge >= 0.3 is 0 Å². The maximum Gasteiger partial charge on any atom is 0.254 e. The monoisotopic (exact) mass is 342 g/mol. The van der Waals surface area contributed by atoms with E-state index in [1.807, 2.05) is 29.2 Å². The minimum absolute atomic E-state index is 0.0134. The molecule has 4 nitrogen and oxygen atoms in total. The highest BCUT2D eigenvalue weighted by Gasteiger charge is 2.29. The molecular weight excluding hydrogens is 324 g/mol. The van der Waals surface area contributed by atoms with Crippen molar-refractivity contribution in [1.29, 1.82) is 0 Å². The lowest BCUT2D eigenvalue weighted by atomic mass is 10.0. The lowest BCUT2D eigenvalue weighted by Crippen LogP contribution is -2.36. The molecule has 0 aromatic heterocycles. The Balaban J connectivity index is 1.76. The Bertz CT molecular complexity index is 758. The van der Waals surface area contributed by atoms with E-state index in [2.05, 4.69) is 0 Å². The third kappa shape index (κ3) is 3.44. The summed E-state index contributed by atoms with van der Waals surface area (Å²) >= 11 is 6.25. The number of nitrogens with two attached hydrogens (primary N) is 1. The molecule has 5 heteroatoms. The Morgan fingerprint density at radius 1 is 1.08 bits per heavy atom. The first-order valence-electron chi connectivity index (χ1n) is 8.00. The van der Waals surface area contributed by atoms with Gasteiger partial charge in [-0.15, -0.1) is 0 Å². The van der Waals surface area contributed by atoms with Crippen LogP contribution in [0.25, 0.3) is 0 Å². The number of carbonyl (C=O) groups is 2. The zero-order valence-electron chi connectivity index (χ0n) is 13.2. The van der Waals surface area contributed by atoms with Crippen LogP contribution in [0.2, 0.25) is 5.02 Å². The van der Waals surface area contributed by atoms with Crippen molar-refractivity contribution in [2.45, 2.75) is 25.3 Å². The zero-order valence-corrected chi connectivity index (χ0v) is 14.0. The quantitative estimate of drug-likeness (QED) is 0.926. The van der Waals surface area contributed by atoms with Gasteiger partial charge in [-0.25, -0.2) is 0 Å². The molecule has 0 radical (unpaired) electrons. The zero-order chi connectivity index (χ0) is 17.1. The lowest BCUT2D eigenvalue weighted by molar-refractivity contribution is 0.0736. The van der Waals surface area contributed by atoms with Gasteiger partial charge in [-0.2, -0.15) is 0 Å². The number of primary amides is 1. The van der Waals surface area contributed by atoms with Crippen molar-refractivity contribution in [1.82, 2.24) is 4.90 Å². The fourth-order valence-corrected chi connectivity index (χ4v) is 3.39. The molecule has 1 atom stereocenters. The number of carbonyl (C=O) groups excluding carboxylic acids is 2. The summed E-state index contributed by atoms with van der Waals surface area (Å²) in [5.74, 6) is -0.507. The molecule has 3 rings (SSSR count). The topological polar surface area (TPSA) is 63.4 Å². The Kier molecular flexibility index (Phi) is 4.86. The van der Waals surface area contributed by atoms with Gasteiger partial charge in [0.15, 0.2) is 0 Å². The van der Waals surface area contributed by atoms with Crippen molar-refractivity contribution in [3.8, 4) is 0 Å². The van der Waals surface area contributed by atoms with Gasteiger partial charge < -0.3 is 10.6 Å². The Labute approximate surface area is 146 Å². The molecule has 1 heterocycles. The first-order valence-corrected chi connectivity index (χ1v) is 8.38. The van der Waals surface area contributed by atoms with Crippen LogP contribution < -0.4 is 5.73 Å². The second-order valence-corrected chi connectivity index (χ2v) is 6.44. The molecule has 0 bridgehead atoms. The van der Waals surface area contributed by atoms with Crippen LogP contribution in [0.4, 0.5) is 0 Å².